The molecular formula is C21H19NO2. The van der Waals surface area contributed by atoms with E-state index in [1.807, 2.05) is 84.9 Å². The van der Waals surface area contributed by atoms with Gasteiger partial charge in [0.25, 0.3) is 5.91 Å². The molecule has 3 aromatic rings. The van der Waals surface area contributed by atoms with E-state index in [1.165, 1.54) is 0 Å². The maximum Gasteiger partial charge on any atom is 0.252 e. The van der Waals surface area contributed by atoms with Crippen LogP contribution in [0.2, 0.25) is 0 Å². The number of hydrogen-bond donors (Lipinski definition) is 1. The summed E-state index contributed by atoms with van der Waals surface area (Å²) in [5.74, 6) is 0.662. The maximum atomic E-state index is 12.6. The molecule has 0 aliphatic heterocycles. The number of amides is 1. The molecule has 0 radical (unpaired) electrons. The van der Waals surface area contributed by atoms with E-state index >= 15 is 0 Å². The summed E-state index contributed by atoms with van der Waals surface area (Å²) in [6.07, 6.45) is 0. The minimum Gasteiger partial charge on any atom is -0.497 e. The molecule has 0 aromatic heterocycles. The summed E-state index contributed by atoms with van der Waals surface area (Å²) in [6.45, 7) is 0. The largest absolute Gasteiger partial charge is 0.497 e. The molecule has 0 bridgehead atoms. The SMILES string of the molecule is COc1cccc(C(NC(=O)c2ccccc2)c2ccccc2)c1. The molecule has 3 rings (SSSR count). The minimum absolute atomic E-state index is 0.104. The molecular weight excluding hydrogens is 298 g/mol. The Bertz CT molecular complexity index is 800. The summed E-state index contributed by atoms with van der Waals surface area (Å²) in [5.41, 5.74) is 2.64. The Labute approximate surface area is 141 Å². The number of nitrogens with one attached hydrogen (secondary N) is 1. The standard InChI is InChI=1S/C21H19NO2/c1-24-19-14-8-13-18(15-19)20(16-9-4-2-5-10-16)22-21(23)17-11-6-3-7-12-17/h2-15,20H,1H3,(H,22,23). The zero-order chi connectivity index (χ0) is 16.8. The van der Waals surface area contributed by atoms with Gasteiger partial charge < -0.3 is 10.1 Å². The Morgan fingerprint density at radius 2 is 1.46 bits per heavy atom. The molecule has 0 saturated carbocycles. The van der Waals surface area contributed by atoms with Crippen LogP contribution in [0.25, 0.3) is 0 Å². The zero-order valence-electron chi connectivity index (χ0n) is 13.5. The van der Waals surface area contributed by atoms with Crippen molar-refractivity contribution >= 4 is 5.91 Å². The molecule has 120 valence electrons. The van der Waals surface area contributed by atoms with Crippen LogP contribution in [0.1, 0.15) is 27.5 Å². The van der Waals surface area contributed by atoms with Gasteiger partial charge in [-0.05, 0) is 35.4 Å². The fourth-order valence-electron chi connectivity index (χ4n) is 2.63. The Balaban J connectivity index is 1.95. The molecule has 3 heteroatoms. The summed E-state index contributed by atoms with van der Waals surface area (Å²) >= 11 is 0. The van der Waals surface area contributed by atoms with E-state index in [9.17, 15) is 4.79 Å². The lowest BCUT2D eigenvalue weighted by Gasteiger charge is -2.20. The number of ether oxygens (including phenoxy) is 1. The van der Waals surface area contributed by atoms with Crippen LogP contribution in [-0.4, -0.2) is 13.0 Å². The van der Waals surface area contributed by atoms with Crippen LogP contribution < -0.4 is 10.1 Å². The van der Waals surface area contributed by atoms with Gasteiger partial charge in [0.1, 0.15) is 5.75 Å². The second kappa shape index (κ2) is 7.47. The van der Waals surface area contributed by atoms with Crippen LogP contribution in [0, 0.1) is 0 Å². The van der Waals surface area contributed by atoms with E-state index in [1.54, 1.807) is 7.11 Å². The lowest BCUT2D eigenvalue weighted by atomic mass is 9.98. The van der Waals surface area contributed by atoms with Gasteiger partial charge in [-0.3, -0.25) is 4.79 Å². The molecule has 24 heavy (non-hydrogen) atoms. The predicted octanol–water partition coefficient (Wildman–Crippen LogP) is 4.21. The van der Waals surface area contributed by atoms with Gasteiger partial charge in [0.2, 0.25) is 0 Å². The van der Waals surface area contributed by atoms with E-state index in [0.717, 1.165) is 16.9 Å². The molecule has 0 aliphatic rings. The third-order valence-corrected chi connectivity index (χ3v) is 3.87. The summed E-state index contributed by atoms with van der Waals surface area (Å²) < 4.78 is 5.32. The summed E-state index contributed by atoms with van der Waals surface area (Å²) in [5, 5.41) is 3.12. The Kier molecular flexibility index (Phi) is 4.92. The third-order valence-electron chi connectivity index (χ3n) is 3.87. The number of benzene rings is 3. The minimum atomic E-state index is -0.242. The van der Waals surface area contributed by atoms with Crippen molar-refractivity contribution < 1.29 is 9.53 Å². The second-order valence-electron chi connectivity index (χ2n) is 5.46. The van der Waals surface area contributed by atoms with Crippen LogP contribution in [0.4, 0.5) is 0 Å². The molecule has 0 saturated heterocycles. The Morgan fingerprint density at radius 1 is 0.833 bits per heavy atom. The molecule has 0 spiro atoms. The zero-order valence-corrected chi connectivity index (χ0v) is 13.5. The second-order valence-corrected chi connectivity index (χ2v) is 5.46. The van der Waals surface area contributed by atoms with Gasteiger partial charge in [0.15, 0.2) is 0 Å². The van der Waals surface area contributed by atoms with Gasteiger partial charge in [0, 0.05) is 5.56 Å². The quantitative estimate of drug-likeness (QED) is 0.765. The van der Waals surface area contributed by atoms with Crippen molar-refractivity contribution in [3.63, 3.8) is 0 Å². The summed E-state index contributed by atoms with van der Waals surface area (Å²) in [6, 6.07) is 26.7. The molecule has 1 unspecified atom stereocenters. The number of methoxy groups -OCH3 is 1. The molecule has 0 fully saturated rings. The van der Waals surface area contributed by atoms with Crippen molar-refractivity contribution in [1.29, 1.82) is 0 Å². The van der Waals surface area contributed by atoms with Gasteiger partial charge in [-0.2, -0.15) is 0 Å². The fraction of sp³-hybridized carbons (Fsp3) is 0.0952. The van der Waals surface area contributed by atoms with Crippen molar-refractivity contribution in [2.75, 3.05) is 7.11 Å². The van der Waals surface area contributed by atoms with Gasteiger partial charge in [-0.15, -0.1) is 0 Å². The maximum absolute atomic E-state index is 12.6. The first-order chi connectivity index (χ1) is 11.8. The van der Waals surface area contributed by atoms with Crippen LogP contribution >= 0.6 is 0 Å². The van der Waals surface area contributed by atoms with Crippen molar-refractivity contribution in [1.82, 2.24) is 5.32 Å². The first-order valence-electron chi connectivity index (χ1n) is 7.83. The van der Waals surface area contributed by atoms with Crippen LogP contribution in [0.15, 0.2) is 84.9 Å². The number of carbonyl (C=O) groups is 1. The Morgan fingerprint density at radius 3 is 2.12 bits per heavy atom. The summed E-state index contributed by atoms with van der Waals surface area (Å²) in [4.78, 5) is 12.6. The lowest BCUT2D eigenvalue weighted by molar-refractivity contribution is 0.0943. The van der Waals surface area contributed by atoms with Gasteiger partial charge >= 0.3 is 0 Å². The van der Waals surface area contributed by atoms with Crippen LogP contribution in [-0.2, 0) is 0 Å². The highest BCUT2D eigenvalue weighted by Crippen LogP contribution is 2.25. The van der Waals surface area contributed by atoms with E-state index < -0.39 is 0 Å². The third kappa shape index (κ3) is 3.63. The van der Waals surface area contributed by atoms with Crippen LogP contribution in [0.5, 0.6) is 5.75 Å². The Hall–Kier alpha value is -3.07. The average Bonchev–Trinajstić information content (AvgIpc) is 2.67. The first-order valence-corrected chi connectivity index (χ1v) is 7.83. The van der Waals surface area contributed by atoms with Crippen molar-refractivity contribution in [3.8, 4) is 5.75 Å². The number of hydrogen-bond acceptors (Lipinski definition) is 2. The van der Waals surface area contributed by atoms with Gasteiger partial charge in [-0.1, -0.05) is 60.7 Å². The highest BCUT2D eigenvalue weighted by molar-refractivity contribution is 5.94. The predicted molar refractivity (Wildman–Crippen MR) is 95.2 cm³/mol. The topological polar surface area (TPSA) is 38.3 Å². The van der Waals surface area contributed by atoms with E-state index in [2.05, 4.69) is 5.32 Å². The normalized spacial score (nSPS) is 11.5. The van der Waals surface area contributed by atoms with Crippen LogP contribution in [0.3, 0.4) is 0 Å². The molecule has 1 atom stereocenters. The van der Waals surface area contributed by atoms with E-state index in [-0.39, 0.29) is 11.9 Å². The highest BCUT2D eigenvalue weighted by atomic mass is 16.5. The van der Waals surface area contributed by atoms with E-state index in [4.69, 9.17) is 4.74 Å². The smallest absolute Gasteiger partial charge is 0.252 e. The number of carbonyl (C=O) groups excluding carboxylic acids is 1. The van der Waals surface area contributed by atoms with Crippen molar-refractivity contribution in [2.24, 2.45) is 0 Å². The van der Waals surface area contributed by atoms with Crippen molar-refractivity contribution in [3.05, 3.63) is 102 Å². The van der Waals surface area contributed by atoms with Gasteiger partial charge in [-0.25, -0.2) is 0 Å². The average molecular weight is 317 g/mol. The summed E-state index contributed by atoms with van der Waals surface area (Å²) in [7, 11) is 1.64. The molecule has 3 aromatic carbocycles. The van der Waals surface area contributed by atoms with Crippen molar-refractivity contribution in [2.45, 2.75) is 6.04 Å². The molecule has 1 N–H and O–H groups in total. The number of rotatable bonds is 5. The van der Waals surface area contributed by atoms with Gasteiger partial charge in [0.05, 0.1) is 13.2 Å². The molecule has 0 aliphatic carbocycles. The first kappa shape index (κ1) is 15.8. The monoisotopic (exact) mass is 317 g/mol. The molecule has 1 amide bonds. The lowest BCUT2D eigenvalue weighted by Crippen LogP contribution is -2.29. The fourth-order valence-corrected chi connectivity index (χ4v) is 2.63. The van der Waals surface area contributed by atoms with E-state index in [0.29, 0.717) is 5.56 Å². The molecule has 0 heterocycles. The highest BCUT2D eigenvalue weighted by Gasteiger charge is 2.18. The molecule has 3 nitrogen and oxygen atoms in total.